The Morgan fingerprint density at radius 1 is 0.938 bits per heavy atom. The summed E-state index contributed by atoms with van der Waals surface area (Å²) in [5.74, 6) is -0.383. The van der Waals surface area contributed by atoms with Gasteiger partial charge in [-0.05, 0) is 20.8 Å². The topological polar surface area (TPSA) is 82.1 Å². The number of rotatable bonds is 9. The fourth-order valence-corrected chi connectivity index (χ4v) is 6.00. The Hall–Kier alpha value is 0.300. The summed E-state index contributed by atoms with van der Waals surface area (Å²) in [5, 5.41) is 9.00. The van der Waals surface area contributed by atoms with Crippen molar-refractivity contribution in [3.05, 3.63) is 0 Å². The van der Waals surface area contributed by atoms with Crippen molar-refractivity contribution in [3.8, 4) is 0 Å². The first-order valence-corrected chi connectivity index (χ1v) is 8.89. The van der Waals surface area contributed by atoms with E-state index in [4.69, 9.17) is 18.7 Å². The Labute approximate surface area is 96.3 Å². The fourth-order valence-electron chi connectivity index (χ4n) is 1.14. The molecule has 0 rings (SSSR count). The minimum absolute atomic E-state index is 0.177. The van der Waals surface area contributed by atoms with E-state index in [-0.39, 0.29) is 25.7 Å². The van der Waals surface area contributed by atoms with Gasteiger partial charge in [0.25, 0.3) is 0 Å². The second-order valence-corrected chi connectivity index (χ2v) is 8.00. The molecule has 0 aromatic heterocycles. The van der Waals surface area contributed by atoms with Crippen LogP contribution in [0.2, 0.25) is 0 Å². The average Bonchev–Trinajstić information content (AvgIpc) is 2.18. The van der Waals surface area contributed by atoms with E-state index >= 15 is 0 Å². The molecule has 0 aliphatic rings. The molecule has 0 heterocycles. The summed E-state index contributed by atoms with van der Waals surface area (Å²) in [5.41, 5.74) is 0. The van der Waals surface area contributed by atoms with Crippen LogP contribution in [0.3, 0.4) is 0 Å². The van der Waals surface area contributed by atoms with Crippen LogP contribution in [0.25, 0.3) is 0 Å². The molecule has 0 saturated carbocycles. The third-order valence-electron chi connectivity index (χ3n) is 1.62. The van der Waals surface area contributed by atoms with Gasteiger partial charge in [0.2, 0.25) is 7.37 Å². The Balaban J connectivity index is 4.71. The van der Waals surface area contributed by atoms with Crippen molar-refractivity contribution < 1.29 is 27.8 Å². The molecule has 98 valence electrons. The molecule has 1 unspecified atom stereocenters. The molecule has 0 aromatic rings. The van der Waals surface area contributed by atoms with Crippen molar-refractivity contribution in [2.24, 2.45) is 0 Å². The molecule has 1 atom stereocenters. The zero-order valence-electron chi connectivity index (χ0n) is 9.92. The van der Waals surface area contributed by atoms with E-state index in [1.54, 1.807) is 20.8 Å². The molecule has 16 heavy (non-hydrogen) atoms. The maximum Gasteiger partial charge on any atom is 0.340 e. The Kier molecular flexibility index (Phi) is 7.73. The van der Waals surface area contributed by atoms with Gasteiger partial charge in [0.05, 0.1) is 19.8 Å². The summed E-state index contributed by atoms with van der Waals surface area (Å²) in [6, 6.07) is 0. The van der Waals surface area contributed by atoms with E-state index in [1.165, 1.54) is 0 Å². The minimum atomic E-state index is -3.44. The predicted molar refractivity (Wildman–Crippen MR) is 62.0 cm³/mol. The van der Waals surface area contributed by atoms with Crippen LogP contribution >= 0.6 is 15.0 Å². The van der Waals surface area contributed by atoms with Crippen LogP contribution in [0.1, 0.15) is 20.8 Å². The minimum Gasteiger partial charge on any atom is -0.386 e. The lowest BCUT2D eigenvalue weighted by Gasteiger charge is -2.21. The number of aliphatic hydroxyl groups excluding tert-OH is 1. The first-order chi connectivity index (χ1) is 7.45. The Morgan fingerprint density at radius 2 is 1.38 bits per heavy atom. The molecule has 0 saturated heterocycles. The Bertz CT molecular complexity index is 270. The third kappa shape index (κ3) is 5.58. The van der Waals surface area contributed by atoms with Crippen LogP contribution in [0.4, 0.5) is 0 Å². The largest absolute Gasteiger partial charge is 0.386 e. The van der Waals surface area contributed by atoms with E-state index < -0.39 is 21.3 Å². The van der Waals surface area contributed by atoms with Gasteiger partial charge in [-0.15, -0.1) is 0 Å². The summed E-state index contributed by atoms with van der Waals surface area (Å²) in [6.45, 7) is 5.53. The lowest BCUT2D eigenvalue weighted by molar-refractivity contribution is 0.220. The molecule has 0 bridgehead atoms. The SMILES string of the molecule is CCOP(=O)(CO)CP(=O)(OCC)OCC. The van der Waals surface area contributed by atoms with Gasteiger partial charge in [0, 0.05) is 0 Å². The summed E-state index contributed by atoms with van der Waals surface area (Å²) < 4.78 is 38.9. The zero-order valence-corrected chi connectivity index (χ0v) is 11.7. The van der Waals surface area contributed by atoms with Crippen LogP contribution in [0, 0.1) is 0 Å². The fraction of sp³-hybridized carbons (Fsp3) is 1.00. The van der Waals surface area contributed by atoms with Gasteiger partial charge >= 0.3 is 7.60 Å². The highest BCUT2D eigenvalue weighted by Crippen LogP contribution is 2.62. The molecule has 0 spiro atoms. The lowest BCUT2D eigenvalue weighted by Crippen LogP contribution is -2.05. The third-order valence-corrected chi connectivity index (χ3v) is 7.19. The van der Waals surface area contributed by atoms with Crippen LogP contribution in [-0.4, -0.2) is 37.2 Å². The number of hydrogen-bond acceptors (Lipinski definition) is 6. The standard InChI is InChI=1S/C8H20O6P2/c1-4-12-15(10,7-9)8-16(11,13-5-2)14-6-3/h9H,4-8H2,1-3H3. The smallest absolute Gasteiger partial charge is 0.340 e. The van der Waals surface area contributed by atoms with Gasteiger partial charge in [-0.3, -0.25) is 9.13 Å². The highest BCUT2D eigenvalue weighted by atomic mass is 31.2. The molecule has 0 fully saturated rings. The Morgan fingerprint density at radius 3 is 1.69 bits per heavy atom. The van der Waals surface area contributed by atoms with Crippen molar-refractivity contribution >= 4 is 15.0 Å². The number of aliphatic hydroxyl groups is 1. The molecule has 0 aromatic carbocycles. The van der Waals surface area contributed by atoms with Crippen LogP contribution < -0.4 is 0 Å². The summed E-state index contributed by atoms with van der Waals surface area (Å²) >= 11 is 0. The van der Waals surface area contributed by atoms with Gasteiger partial charge in [0.15, 0.2) is 0 Å². The summed E-state index contributed by atoms with van der Waals surface area (Å²) in [4.78, 5) is 0. The highest BCUT2D eigenvalue weighted by molar-refractivity contribution is 7.73. The second-order valence-electron chi connectivity index (χ2n) is 2.96. The van der Waals surface area contributed by atoms with Gasteiger partial charge in [0.1, 0.15) is 12.3 Å². The molecule has 1 N–H and O–H groups in total. The molecule has 0 aliphatic heterocycles. The molecule has 6 nitrogen and oxygen atoms in total. The van der Waals surface area contributed by atoms with E-state index in [1.807, 2.05) is 0 Å². The highest BCUT2D eigenvalue weighted by Gasteiger charge is 2.36. The van der Waals surface area contributed by atoms with Crippen molar-refractivity contribution in [2.75, 3.05) is 32.1 Å². The summed E-state index contributed by atoms with van der Waals surface area (Å²) in [7, 11) is -6.77. The van der Waals surface area contributed by atoms with Crippen LogP contribution in [0.15, 0.2) is 0 Å². The normalized spacial score (nSPS) is 16.0. The van der Waals surface area contributed by atoms with Gasteiger partial charge in [-0.25, -0.2) is 0 Å². The average molecular weight is 274 g/mol. The predicted octanol–water partition coefficient (Wildman–Crippen LogP) is 2.47. The monoisotopic (exact) mass is 274 g/mol. The van der Waals surface area contributed by atoms with E-state index in [9.17, 15) is 9.13 Å². The molecule has 0 aliphatic carbocycles. The van der Waals surface area contributed by atoms with Crippen LogP contribution in [-0.2, 0) is 22.7 Å². The maximum absolute atomic E-state index is 12.1. The van der Waals surface area contributed by atoms with E-state index in [0.717, 1.165) is 0 Å². The maximum atomic E-state index is 12.1. The first-order valence-electron chi connectivity index (χ1n) is 5.17. The summed E-state index contributed by atoms with van der Waals surface area (Å²) in [6.07, 6.45) is -0.662. The lowest BCUT2D eigenvalue weighted by atomic mass is 10.9. The van der Waals surface area contributed by atoms with Crippen molar-refractivity contribution in [3.63, 3.8) is 0 Å². The zero-order chi connectivity index (χ0) is 12.7. The molecule has 0 radical (unpaired) electrons. The molecular formula is C8H20O6P2. The van der Waals surface area contributed by atoms with Crippen molar-refractivity contribution in [1.82, 2.24) is 0 Å². The van der Waals surface area contributed by atoms with Crippen molar-refractivity contribution in [1.29, 1.82) is 0 Å². The molecule has 8 heteroatoms. The van der Waals surface area contributed by atoms with Gasteiger partial charge in [-0.1, -0.05) is 0 Å². The van der Waals surface area contributed by atoms with Gasteiger partial charge in [-0.2, -0.15) is 0 Å². The van der Waals surface area contributed by atoms with Gasteiger partial charge < -0.3 is 18.7 Å². The van der Waals surface area contributed by atoms with E-state index in [2.05, 4.69) is 0 Å². The van der Waals surface area contributed by atoms with Crippen molar-refractivity contribution in [2.45, 2.75) is 20.8 Å². The quantitative estimate of drug-likeness (QED) is 0.650. The molecule has 0 amide bonds. The second kappa shape index (κ2) is 7.59. The number of hydrogen-bond donors (Lipinski definition) is 1. The van der Waals surface area contributed by atoms with Crippen LogP contribution in [0.5, 0.6) is 0 Å². The first kappa shape index (κ1) is 16.3. The molecular weight excluding hydrogens is 254 g/mol. The van der Waals surface area contributed by atoms with E-state index in [0.29, 0.717) is 0 Å².